The van der Waals surface area contributed by atoms with Crippen LogP contribution in [0.5, 0.6) is 0 Å². The van der Waals surface area contributed by atoms with Crippen molar-refractivity contribution in [2.45, 2.75) is 19.3 Å². The summed E-state index contributed by atoms with van der Waals surface area (Å²) in [7, 11) is 0. The van der Waals surface area contributed by atoms with E-state index in [1.54, 1.807) is 0 Å². The zero-order valence-electron chi connectivity index (χ0n) is 28.3. The van der Waals surface area contributed by atoms with Gasteiger partial charge in [-0.3, -0.25) is 0 Å². The second kappa shape index (κ2) is 12.1. The summed E-state index contributed by atoms with van der Waals surface area (Å²) in [4.78, 5) is 2.32. The van der Waals surface area contributed by atoms with Crippen molar-refractivity contribution in [3.05, 3.63) is 199 Å². The number of anilines is 3. The summed E-state index contributed by atoms with van der Waals surface area (Å²) >= 11 is 0. The van der Waals surface area contributed by atoms with E-state index >= 15 is 0 Å². The lowest BCUT2D eigenvalue weighted by molar-refractivity contribution is 0.645. The van der Waals surface area contributed by atoms with Crippen LogP contribution < -0.4 is 4.90 Å². The van der Waals surface area contributed by atoms with E-state index in [2.05, 4.69) is 207 Å². The molecule has 0 saturated heterocycles. The Balaban J connectivity index is 1.16. The minimum absolute atomic E-state index is 0.157. The Hall–Kier alpha value is -6.18. The van der Waals surface area contributed by atoms with E-state index in [0.717, 1.165) is 17.1 Å². The van der Waals surface area contributed by atoms with Crippen molar-refractivity contribution in [2.24, 2.45) is 0 Å². The number of fused-ring (bicyclic) bond motifs is 2. The van der Waals surface area contributed by atoms with Crippen LogP contribution in [0.2, 0.25) is 0 Å². The quantitative estimate of drug-likeness (QED) is 0.175. The van der Waals surface area contributed by atoms with Crippen LogP contribution in [0, 0.1) is 0 Å². The van der Waals surface area contributed by atoms with Gasteiger partial charge in [-0.25, -0.2) is 0 Å². The van der Waals surface area contributed by atoms with E-state index in [1.807, 2.05) is 0 Å². The molecule has 0 unspecified atom stereocenters. The maximum absolute atomic E-state index is 2.44. The number of nitrogens with zero attached hydrogens (tertiary/aromatic N) is 1. The normalized spacial score (nSPS) is 12.8. The molecular weight excluding hydrogens is 603 g/mol. The third-order valence-electron chi connectivity index (χ3n) is 10.5. The average molecular weight is 640 g/mol. The molecule has 0 atom stereocenters. The van der Waals surface area contributed by atoms with Crippen LogP contribution in [0.15, 0.2) is 188 Å². The first-order valence-electron chi connectivity index (χ1n) is 17.4. The molecule has 238 valence electrons. The van der Waals surface area contributed by atoms with Gasteiger partial charge in [-0.05, 0) is 109 Å². The van der Waals surface area contributed by atoms with Crippen LogP contribution in [-0.2, 0) is 5.41 Å². The predicted octanol–water partition coefficient (Wildman–Crippen LogP) is 13.6. The Labute approximate surface area is 294 Å². The van der Waals surface area contributed by atoms with Crippen molar-refractivity contribution >= 4 is 27.8 Å². The van der Waals surface area contributed by atoms with Gasteiger partial charge in [0.05, 0.1) is 0 Å². The molecular formula is C49H37N. The molecule has 0 N–H and O–H groups in total. The van der Waals surface area contributed by atoms with Crippen LogP contribution >= 0.6 is 0 Å². The van der Waals surface area contributed by atoms with Crippen LogP contribution in [0.25, 0.3) is 55.3 Å². The number of rotatable bonds is 6. The lowest BCUT2D eigenvalue weighted by Crippen LogP contribution is -2.24. The summed E-state index contributed by atoms with van der Waals surface area (Å²) in [6.45, 7) is 4.77. The topological polar surface area (TPSA) is 3.24 Å². The molecule has 0 amide bonds. The Bertz CT molecular complexity index is 2420. The Morgan fingerprint density at radius 2 is 0.860 bits per heavy atom. The van der Waals surface area contributed by atoms with Crippen molar-refractivity contribution in [2.75, 3.05) is 4.90 Å². The predicted molar refractivity (Wildman–Crippen MR) is 213 cm³/mol. The summed E-state index contributed by atoms with van der Waals surface area (Å²) in [6, 6.07) is 68.4. The molecule has 1 aliphatic carbocycles. The maximum Gasteiger partial charge on any atom is 0.0462 e. The molecule has 0 heterocycles. The highest BCUT2D eigenvalue weighted by molar-refractivity contribution is 6.09. The van der Waals surface area contributed by atoms with Crippen molar-refractivity contribution in [3.8, 4) is 44.5 Å². The first kappa shape index (κ1) is 29.9. The third-order valence-corrected chi connectivity index (χ3v) is 10.5. The van der Waals surface area contributed by atoms with Gasteiger partial charge in [0.15, 0.2) is 0 Å². The van der Waals surface area contributed by atoms with Crippen molar-refractivity contribution < 1.29 is 0 Å². The van der Waals surface area contributed by atoms with Gasteiger partial charge in [0, 0.05) is 22.5 Å². The minimum Gasteiger partial charge on any atom is -0.311 e. The average Bonchev–Trinajstić information content (AvgIpc) is 3.18. The molecule has 0 saturated carbocycles. The Morgan fingerprint density at radius 3 is 1.50 bits per heavy atom. The Morgan fingerprint density at radius 1 is 0.360 bits per heavy atom. The fraction of sp³-hybridized carbons (Fsp3) is 0.0612. The molecule has 0 fully saturated rings. The van der Waals surface area contributed by atoms with Gasteiger partial charge in [0.2, 0.25) is 0 Å². The van der Waals surface area contributed by atoms with Gasteiger partial charge >= 0.3 is 0 Å². The smallest absolute Gasteiger partial charge is 0.0462 e. The number of hydrogen-bond acceptors (Lipinski definition) is 1. The molecule has 0 bridgehead atoms. The van der Waals surface area contributed by atoms with E-state index in [1.165, 1.54) is 66.4 Å². The standard InChI is InChI=1S/C49H37N/c1-49(2)45-20-12-15-38-27-31-43(37-25-29-42(30-26-37)50(40-16-8-4-9-17-40)41-18-10-5-11-19-41)48(47(38)45)44-32-28-39(33-46(44)49)36-23-21-35(22-24-36)34-13-6-3-7-14-34/h3-33H,1-2H3. The number of para-hydroxylation sites is 2. The SMILES string of the molecule is CC1(C)c2cc(-c3ccc(-c4ccccc4)cc3)ccc2-c2c(-c3ccc(N(c4ccccc4)c4ccccc4)cc3)ccc3cccc1c23. The van der Waals surface area contributed by atoms with Gasteiger partial charge in [-0.2, -0.15) is 0 Å². The van der Waals surface area contributed by atoms with E-state index in [-0.39, 0.29) is 5.41 Å². The van der Waals surface area contributed by atoms with Crippen molar-refractivity contribution in [1.29, 1.82) is 0 Å². The van der Waals surface area contributed by atoms with Crippen LogP contribution in [0.1, 0.15) is 25.0 Å². The molecule has 9 rings (SSSR count). The molecule has 1 aliphatic rings. The van der Waals surface area contributed by atoms with Crippen molar-refractivity contribution in [1.82, 2.24) is 0 Å². The molecule has 0 radical (unpaired) electrons. The largest absolute Gasteiger partial charge is 0.311 e. The lowest BCUT2D eigenvalue weighted by Gasteiger charge is -2.36. The summed E-state index contributed by atoms with van der Waals surface area (Å²) in [5.41, 5.74) is 16.1. The fourth-order valence-corrected chi connectivity index (χ4v) is 7.90. The van der Waals surface area contributed by atoms with Crippen LogP contribution in [0.3, 0.4) is 0 Å². The second-order valence-corrected chi connectivity index (χ2v) is 13.8. The molecule has 1 heteroatoms. The number of benzene rings is 8. The van der Waals surface area contributed by atoms with Gasteiger partial charge in [-0.15, -0.1) is 0 Å². The summed E-state index contributed by atoms with van der Waals surface area (Å²) < 4.78 is 0. The highest BCUT2D eigenvalue weighted by atomic mass is 15.1. The zero-order chi connectivity index (χ0) is 33.7. The van der Waals surface area contributed by atoms with Gasteiger partial charge < -0.3 is 4.90 Å². The van der Waals surface area contributed by atoms with E-state index < -0.39 is 0 Å². The van der Waals surface area contributed by atoms with E-state index in [9.17, 15) is 0 Å². The minimum atomic E-state index is -0.157. The fourth-order valence-electron chi connectivity index (χ4n) is 7.90. The molecule has 8 aromatic carbocycles. The van der Waals surface area contributed by atoms with Gasteiger partial charge in [0.25, 0.3) is 0 Å². The van der Waals surface area contributed by atoms with Crippen LogP contribution in [0.4, 0.5) is 17.1 Å². The molecule has 8 aromatic rings. The van der Waals surface area contributed by atoms with E-state index in [0.29, 0.717) is 0 Å². The summed E-state index contributed by atoms with van der Waals surface area (Å²) in [6.07, 6.45) is 0. The zero-order valence-corrected chi connectivity index (χ0v) is 28.3. The Kier molecular flexibility index (Phi) is 7.21. The third kappa shape index (κ3) is 5.02. The lowest BCUT2D eigenvalue weighted by atomic mass is 9.67. The number of hydrogen-bond donors (Lipinski definition) is 0. The highest BCUT2D eigenvalue weighted by Gasteiger charge is 2.35. The highest BCUT2D eigenvalue weighted by Crippen LogP contribution is 2.52. The van der Waals surface area contributed by atoms with Gasteiger partial charge in [0.1, 0.15) is 0 Å². The van der Waals surface area contributed by atoms with Gasteiger partial charge in [-0.1, -0.05) is 159 Å². The monoisotopic (exact) mass is 639 g/mol. The van der Waals surface area contributed by atoms with Crippen molar-refractivity contribution in [3.63, 3.8) is 0 Å². The van der Waals surface area contributed by atoms with Crippen LogP contribution in [-0.4, -0.2) is 0 Å². The molecule has 50 heavy (non-hydrogen) atoms. The summed E-state index contributed by atoms with van der Waals surface area (Å²) in [5, 5.41) is 2.65. The summed E-state index contributed by atoms with van der Waals surface area (Å²) in [5.74, 6) is 0. The molecule has 1 nitrogen and oxygen atoms in total. The maximum atomic E-state index is 2.44. The van der Waals surface area contributed by atoms with E-state index in [4.69, 9.17) is 0 Å². The second-order valence-electron chi connectivity index (χ2n) is 13.8. The molecule has 0 aliphatic heterocycles. The molecule has 0 aromatic heterocycles. The first-order chi connectivity index (χ1) is 24.6. The first-order valence-corrected chi connectivity index (χ1v) is 17.4. The molecule has 0 spiro atoms.